The van der Waals surface area contributed by atoms with Crippen molar-refractivity contribution in [3.05, 3.63) is 96.9 Å². The number of rotatable bonds is 5. The Morgan fingerprint density at radius 3 is 2.60 bits per heavy atom. The van der Waals surface area contributed by atoms with Crippen LogP contribution in [0.1, 0.15) is 11.1 Å². The average Bonchev–Trinajstić information content (AvgIpc) is 3.08. The van der Waals surface area contributed by atoms with Crippen LogP contribution in [-0.2, 0) is 11.4 Å². The quantitative estimate of drug-likeness (QED) is 0.272. The van der Waals surface area contributed by atoms with Gasteiger partial charge in [0, 0.05) is 3.57 Å². The van der Waals surface area contributed by atoms with E-state index >= 15 is 0 Å². The molecule has 1 N–H and O–H groups in total. The highest BCUT2D eigenvalue weighted by molar-refractivity contribution is 14.1. The number of ether oxygens (including phenoxy) is 1. The molecule has 1 heterocycles. The predicted octanol–water partition coefficient (Wildman–Crippen LogP) is 6.52. The van der Waals surface area contributed by atoms with Crippen molar-refractivity contribution >= 4 is 73.1 Å². The van der Waals surface area contributed by atoms with Gasteiger partial charge in [-0.05, 0) is 91.8 Å². The summed E-state index contributed by atoms with van der Waals surface area (Å²) in [6.45, 7) is 0.496. The van der Waals surface area contributed by atoms with Crippen LogP contribution in [0, 0.1) is 3.57 Å². The lowest BCUT2D eigenvalue weighted by atomic mass is 10.2. The number of para-hydroxylation sites is 1. The van der Waals surface area contributed by atoms with Gasteiger partial charge in [-0.25, -0.2) is 4.99 Å². The number of aliphatic imine (C=N–C) groups is 1. The maximum absolute atomic E-state index is 12.4. The molecule has 4 rings (SSSR count). The number of thioether (sulfide) groups is 1. The first-order valence-corrected chi connectivity index (χ1v) is 11.8. The van der Waals surface area contributed by atoms with Crippen LogP contribution >= 0.6 is 50.3 Å². The summed E-state index contributed by atoms with van der Waals surface area (Å²) in [5.41, 5.74) is 2.85. The number of carbonyl (C=O) groups is 1. The van der Waals surface area contributed by atoms with Gasteiger partial charge in [0.25, 0.3) is 5.91 Å². The molecular weight excluding hydrogens is 575 g/mol. The second-order valence-corrected chi connectivity index (χ2v) is 9.44. The van der Waals surface area contributed by atoms with E-state index in [1.165, 1.54) is 11.8 Å². The standard InChI is InChI=1S/C23H16BrIN2O2S/c24-17-12-16(10-11-20(17)29-14-15-6-2-1-3-7-15)13-21-22(28)27-23(30-21)26-19-9-5-4-8-18(19)25/h1-13H,14H2,(H,26,27,28)/b21-13+. The van der Waals surface area contributed by atoms with Crippen LogP contribution in [-0.4, -0.2) is 11.1 Å². The van der Waals surface area contributed by atoms with Crippen molar-refractivity contribution in [3.8, 4) is 5.75 Å². The molecule has 3 aromatic rings. The Balaban J connectivity index is 1.47. The van der Waals surface area contributed by atoms with E-state index < -0.39 is 0 Å². The van der Waals surface area contributed by atoms with E-state index in [0.29, 0.717) is 16.7 Å². The Morgan fingerprint density at radius 2 is 1.83 bits per heavy atom. The summed E-state index contributed by atoms with van der Waals surface area (Å²) in [6, 6.07) is 23.6. The van der Waals surface area contributed by atoms with E-state index in [0.717, 1.165) is 30.6 Å². The Bertz CT molecular complexity index is 1150. The summed E-state index contributed by atoms with van der Waals surface area (Å²) >= 11 is 7.13. The van der Waals surface area contributed by atoms with E-state index in [-0.39, 0.29) is 5.91 Å². The van der Waals surface area contributed by atoms with Crippen LogP contribution < -0.4 is 10.1 Å². The molecule has 0 aromatic heterocycles. The Labute approximate surface area is 201 Å². The number of hydrogen-bond acceptors (Lipinski definition) is 4. The van der Waals surface area contributed by atoms with E-state index in [4.69, 9.17) is 4.74 Å². The lowest BCUT2D eigenvalue weighted by molar-refractivity contribution is -0.115. The zero-order valence-electron chi connectivity index (χ0n) is 15.6. The SMILES string of the molecule is O=C1NC(=Nc2ccccc2I)S/C1=C/c1ccc(OCc2ccccc2)c(Br)c1. The molecule has 1 aliphatic rings. The highest BCUT2D eigenvalue weighted by Crippen LogP contribution is 2.32. The number of nitrogens with one attached hydrogen (secondary N) is 1. The molecule has 3 aromatic carbocycles. The van der Waals surface area contributed by atoms with Gasteiger partial charge >= 0.3 is 0 Å². The van der Waals surface area contributed by atoms with Crippen molar-refractivity contribution < 1.29 is 9.53 Å². The van der Waals surface area contributed by atoms with Crippen LogP contribution in [0.2, 0.25) is 0 Å². The average molecular weight is 591 g/mol. The van der Waals surface area contributed by atoms with Crippen LogP contribution in [0.5, 0.6) is 5.75 Å². The smallest absolute Gasteiger partial charge is 0.264 e. The van der Waals surface area contributed by atoms with Crippen LogP contribution in [0.15, 0.2) is 87.2 Å². The van der Waals surface area contributed by atoms with Gasteiger partial charge in [0.2, 0.25) is 0 Å². The molecule has 1 saturated heterocycles. The van der Waals surface area contributed by atoms with Crippen LogP contribution in [0.3, 0.4) is 0 Å². The first-order chi connectivity index (χ1) is 14.6. The van der Waals surface area contributed by atoms with Crippen LogP contribution in [0.4, 0.5) is 5.69 Å². The summed E-state index contributed by atoms with van der Waals surface area (Å²) < 4.78 is 7.76. The predicted molar refractivity (Wildman–Crippen MR) is 135 cm³/mol. The largest absolute Gasteiger partial charge is 0.488 e. The Hall–Kier alpha value is -2.10. The number of nitrogens with zero attached hydrogens (tertiary/aromatic N) is 1. The monoisotopic (exact) mass is 590 g/mol. The second kappa shape index (κ2) is 9.80. The molecule has 1 aliphatic heterocycles. The summed E-state index contributed by atoms with van der Waals surface area (Å²) in [5, 5.41) is 3.41. The summed E-state index contributed by atoms with van der Waals surface area (Å²) in [4.78, 5) is 17.5. The molecule has 0 radical (unpaired) electrons. The molecular formula is C23H16BrIN2O2S. The number of benzene rings is 3. The molecule has 0 unspecified atom stereocenters. The van der Waals surface area contributed by atoms with Gasteiger partial charge in [0.1, 0.15) is 12.4 Å². The fourth-order valence-electron chi connectivity index (χ4n) is 2.74. The molecule has 0 aliphatic carbocycles. The summed E-state index contributed by atoms with van der Waals surface area (Å²) in [6.07, 6.45) is 1.85. The van der Waals surface area contributed by atoms with Crippen molar-refractivity contribution in [2.24, 2.45) is 4.99 Å². The number of amidine groups is 1. The molecule has 0 spiro atoms. The van der Waals surface area contributed by atoms with Gasteiger partial charge in [-0.3, -0.25) is 4.79 Å². The molecule has 4 nitrogen and oxygen atoms in total. The summed E-state index contributed by atoms with van der Waals surface area (Å²) in [7, 11) is 0. The Kier molecular flexibility index (Phi) is 6.91. The third kappa shape index (κ3) is 5.33. The highest BCUT2D eigenvalue weighted by Gasteiger charge is 2.24. The maximum atomic E-state index is 12.4. The maximum Gasteiger partial charge on any atom is 0.264 e. The molecule has 0 saturated carbocycles. The highest BCUT2D eigenvalue weighted by atomic mass is 127. The van der Waals surface area contributed by atoms with Gasteiger partial charge < -0.3 is 10.1 Å². The van der Waals surface area contributed by atoms with E-state index in [1.54, 1.807) is 0 Å². The minimum atomic E-state index is -0.148. The molecule has 1 fully saturated rings. The number of amides is 1. The molecule has 0 bridgehead atoms. The van der Waals surface area contributed by atoms with Gasteiger partial charge in [-0.2, -0.15) is 0 Å². The normalized spacial score (nSPS) is 16.1. The van der Waals surface area contributed by atoms with Crippen molar-refractivity contribution in [3.63, 3.8) is 0 Å². The Morgan fingerprint density at radius 1 is 1.07 bits per heavy atom. The number of halogens is 2. The first-order valence-electron chi connectivity index (χ1n) is 9.09. The number of carbonyl (C=O) groups excluding carboxylic acids is 1. The second-order valence-electron chi connectivity index (χ2n) is 6.40. The van der Waals surface area contributed by atoms with E-state index in [1.807, 2.05) is 78.9 Å². The minimum Gasteiger partial charge on any atom is -0.488 e. The van der Waals surface area contributed by atoms with Gasteiger partial charge in [-0.1, -0.05) is 48.5 Å². The molecule has 7 heteroatoms. The van der Waals surface area contributed by atoms with Crippen molar-refractivity contribution in [2.45, 2.75) is 6.61 Å². The van der Waals surface area contributed by atoms with Crippen LogP contribution in [0.25, 0.3) is 6.08 Å². The third-order valence-corrected chi connectivity index (χ3v) is 6.66. The fourth-order valence-corrected chi connectivity index (χ4v) is 4.60. The van der Waals surface area contributed by atoms with Crippen molar-refractivity contribution in [1.82, 2.24) is 5.32 Å². The topological polar surface area (TPSA) is 50.7 Å². The zero-order valence-corrected chi connectivity index (χ0v) is 20.2. The fraction of sp³-hybridized carbons (Fsp3) is 0.0435. The minimum absolute atomic E-state index is 0.148. The van der Waals surface area contributed by atoms with E-state index in [9.17, 15) is 4.79 Å². The van der Waals surface area contributed by atoms with Crippen molar-refractivity contribution in [2.75, 3.05) is 0 Å². The van der Waals surface area contributed by atoms with Gasteiger partial charge in [0.05, 0.1) is 15.1 Å². The molecule has 1 amide bonds. The lowest BCUT2D eigenvalue weighted by Crippen LogP contribution is -2.19. The van der Waals surface area contributed by atoms with Crippen molar-refractivity contribution in [1.29, 1.82) is 0 Å². The van der Waals surface area contributed by atoms with E-state index in [2.05, 4.69) is 48.8 Å². The number of hydrogen-bond donors (Lipinski definition) is 1. The summed E-state index contributed by atoms with van der Waals surface area (Å²) in [5.74, 6) is 0.607. The lowest BCUT2D eigenvalue weighted by Gasteiger charge is -2.09. The molecule has 30 heavy (non-hydrogen) atoms. The molecule has 150 valence electrons. The van der Waals surface area contributed by atoms with Gasteiger partial charge in [-0.15, -0.1) is 0 Å². The molecule has 0 atom stereocenters. The first kappa shape index (κ1) is 21.1. The van der Waals surface area contributed by atoms with Gasteiger partial charge in [0.15, 0.2) is 5.17 Å². The third-order valence-electron chi connectivity index (χ3n) is 4.22. The zero-order chi connectivity index (χ0) is 20.9.